The quantitative estimate of drug-likeness (QED) is 0.801. The van der Waals surface area contributed by atoms with Gasteiger partial charge in [0, 0.05) is 51.2 Å². The molecule has 0 aliphatic carbocycles. The summed E-state index contributed by atoms with van der Waals surface area (Å²) in [6.45, 7) is 7.79. The van der Waals surface area contributed by atoms with Crippen LogP contribution in [0, 0.1) is 13.8 Å². The third-order valence-electron chi connectivity index (χ3n) is 4.97. The molecule has 0 unspecified atom stereocenters. The van der Waals surface area contributed by atoms with Gasteiger partial charge < -0.3 is 14.5 Å². The van der Waals surface area contributed by atoms with Crippen LogP contribution in [0.2, 0.25) is 0 Å². The summed E-state index contributed by atoms with van der Waals surface area (Å²) in [4.78, 5) is 28.1. The standard InChI is InChI=1S/C17H27N5O2/c1-12-9-13(2)19-17(18-12)22-7-5-21(6-8-22)16(23)15-10-14(24-4)11-20(15)3/h9,14-15H,5-8,10-11H2,1-4H3/t14-,15-/m0/s1. The molecule has 3 rings (SSSR count). The summed E-state index contributed by atoms with van der Waals surface area (Å²) in [6, 6.07) is 1.92. The van der Waals surface area contributed by atoms with Crippen molar-refractivity contribution in [3.63, 3.8) is 0 Å². The second-order valence-corrected chi connectivity index (χ2v) is 6.81. The molecular formula is C17H27N5O2. The average molecular weight is 333 g/mol. The van der Waals surface area contributed by atoms with Gasteiger partial charge in [-0.15, -0.1) is 0 Å². The van der Waals surface area contributed by atoms with Crippen molar-refractivity contribution in [2.24, 2.45) is 0 Å². The zero-order chi connectivity index (χ0) is 17.3. The number of aromatic nitrogens is 2. The normalized spacial score (nSPS) is 25.3. The number of likely N-dealkylation sites (tertiary alicyclic amines) is 1. The molecule has 0 aromatic carbocycles. The highest BCUT2D eigenvalue weighted by Crippen LogP contribution is 2.21. The zero-order valence-corrected chi connectivity index (χ0v) is 15.0. The van der Waals surface area contributed by atoms with Crippen LogP contribution >= 0.6 is 0 Å². The lowest BCUT2D eigenvalue weighted by molar-refractivity contribution is -0.135. The lowest BCUT2D eigenvalue weighted by Gasteiger charge is -2.36. The van der Waals surface area contributed by atoms with Gasteiger partial charge in [-0.1, -0.05) is 0 Å². The first-order chi connectivity index (χ1) is 11.5. The van der Waals surface area contributed by atoms with E-state index in [1.165, 1.54) is 0 Å². The fourth-order valence-electron chi connectivity index (χ4n) is 3.60. The Morgan fingerprint density at radius 2 is 1.79 bits per heavy atom. The number of hydrogen-bond acceptors (Lipinski definition) is 6. The number of piperazine rings is 1. The molecule has 2 fully saturated rings. The molecule has 0 saturated carbocycles. The van der Waals surface area contributed by atoms with E-state index in [1.54, 1.807) is 7.11 Å². The second kappa shape index (κ2) is 7.03. The van der Waals surface area contributed by atoms with Crippen LogP contribution in [0.1, 0.15) is 17.8 Å². The number of rotatable bonds is 3. The molecule has 0 N–H and O–H groups in total. The smallest absolute Gasteiger partial charge is 0.240 e. The first-order valence-electron chi connectivity index (χ1n) is 8.57. The van der Waals surface area contributed by atoms with Crippen molar-refractivity contribution >= 4 is 11.9 Å². The minimum absolute atomic E-state index is 0.0565. The predicted octanol–water partition coefficient (Wildman–Crippen LogP) is 0.461. The molecule has 1 aromatic rings. The number of carbonyl (C=O) groups excluding carboxylic acids is 1. The van der Waals surface area contributed by atoms with Gasteiger partial charge in [0.15, 0.2) is 0 Å². The first kappa shape index (κ1) is 17.1. The highest BCUT2D eigenvalue weighted by molar-refractivity contribution is 5.82. The van der Waals surface area contributed by atoms with Crippen LogP contribution in [0.15, 0.2) is 6.07 Å². The molecule has 3 heterocycles. The number of anilines is 1. The maximum Gasteiger partial charge on any atom is 0.240 e. The molecule has 24 heavy (non-hydrogen) atoms. The lowest BCUT2D eigenvalue weighted by Crippen LogP contribution is -2.53. The van der Waals surface area contributed by atoms with E-state index < -0.39 is 0 Å². The number of ether oxygens (including phenoxy) is 1. The largest absolute Gasteiger partial charge is 0.380 e. The van der Waals surface area contributed by atoms with Crippen molar-refractivity contribution < 1.29 is 9.53 Å². The van der Waals surface area contributed by atoms with Gasteiger partial charge in [0.25, 0.3) is 0 Å². The van der Waals surface area contributed by atoms with Crippen LogP contribution < -0.4 is 4.90 Å². The summed E-state index contributed by atoms with van der Waals surface area (Å²) in [6.07, 6.45) is 0.945. The highest BCUT2D eigenvalue weighted by Gasteiger charge is 2.37. The van der Waals surface area contributed by atoms with Gasteiger partial charge in [-0.25, -0.2) is 9.97 Å². The maximum absolute atomic E-state index is 12.8. The summed E-state index contributed by atoms with van der Waals surface area (Å²) < 4.78 is 5.41. The maximum atomic E-state index is 12.8. The van der Waals surface area contributed by atoms with Crippen LogP contribution in [-0.2, 0) is 9.53 Å². The summed E-state index contributed by atoms with van der Waals surface area (Å²) in [5.74, 6) is 0.995. The number of hydrogen-bond donors (Lipinski definition) is 0. The third-order valence-corrected chi connectivity index (χ3v) is 4.97. The van der Waals surface area contributed by atoms with Gasteiger partial charge >= 0.3 is 0 Å². The number of aryl methyl sites for hydroxylation is 2. The van der Waals surface area contributed by atoms with E-state index in [1.807, 2.05) is 31.9 Å². The van der Waals surface area contributed by atoms with Crippen LogP contribution in [0.5, 0.6) is 0 Å². The SMILES string of the molecule is CO[C@H]1C[C@@H](C(=O)N2CCN(c3nc(C)cc(C)n3)CC2)N(C)C1. The Hall–Kier alpha value is -1.73. The third kappa shape index (κ3) is 3.52. The molecule has 1 aromatic heterocycles. The molecule has 1 amide bonds. The van der Waals surface area contributed by atoms with Crippen LogP contribution in [0.3, 0.4) is 0 Å². The summed E-state index contributed by atoms with van der Waals surface area (Å²) in [7, 11) is 3.72. The Kier molecular flexibility index (Phi) is 5.01. The Bertz CT molecular complexity index is 580. The van der Waals surface area contributed by atoms with Crippen molar-refractivity contribution in [3.05, 3.63) is 17.5 Å². The minimum Gasteiger partial charge on any atom is -0.380 e. The van der Waals surface area contributed by atoms with Gasteiger partial charge in [0.2, 0.25) is 11.9 Å². The fourth-order valence-corrected chi connectivity index (χ4v) is 3.60. The molecule has 7 heteroatoms. The Labute approximate surface area is 143 Å². The Morgan fingerprint density at radius 1 is 1.17 bits per heavy atom. The minimum atomic E-state index is -0.0565. The van der Waals surface area contributed by atoms with Gasteiger partial charge in [0.05, 0.1) is 12.1 Å². The summed E-state index contributed by atoms with van der Waals surface area (Å²) in [5, 5.41) is 0. The molecule has 2 saturated heterocycles. The molecule has 2 aliphatic rings. The molecule has 2 aliphatic heterocycles. The zero-order valence-electron chi connectivity index (χ0n) is 15.0. The predicted molar refractivity (Wildman–Crippen MR) is 92.1 cm³/mol. The summed E-state index contributed by atoms with van der Waals surface area (Å²) in [5.41, 5.74) is 1.96. The molecule has 132 valence electrons. The first-order valence-corrected chi connectivity index (χ1v) is 8.57. The van der Waals surface area contributed by atoms with Crippen LogP contribution in [0.4, 0.5) is 5.95 Å². The monoisotopic (exact) mass is 333 g/mol. The van der Waals surface area contributed by atoms with E-state index in [-0.39, 0.29) is 18.1 Å². The number of amides is 1. The number of carbonyl (C=O) groups is 1. The van der Waals surface area contributed by atoms with E-state index in [0.29, 0.717) is 0 Å². The molecule has 0 spiro atoms. The number of methoxy groups -OCH3 is 1. The molecular weight excluding hydrogens is 306 g/mol. The van der Waals surface area contributed by atoms with Crippen molar-refractivity contribution in [1.82, 2.24) is 19.8 Å². The topological polar surface area (TPSA) is 61.8 Å². The van der Waals surface area contributed by atoms with Crippen LogP contribution in [-0.4, -0.2) is 84.7 Å². The summed E-state index contributed by atoms with van der Waals surface area (Å²) >= 11 is 0. The molecule has 0 bridgehead atoms. The van der Waals surface area contributed by atoms with Crippen molar-refractivity contribution in [2.45, 2.75) is 32.4 Å². The van der Waals surface area contributed by atoms with Crippen molar-refractivity contribution in [2.75, 3.05) is 51.8 Å². The van der Waals surface area contributed by atoms with E-state index in [0.717, 1.165) is 56.5 Å². The van der Waals surface area contributed by atoms with Crippen molar-refractivity contribution in [3.8, 4) is 0 Å². The van der Waals surface area contributed by atoms with E-state index in [9.17, 15) is 4.79 Å². The van der Waals surface area contributed by atoms with E-state index in [2.05, 4.69) is 19.8 Å². The number of likely N-dealkylation sites (N-methyl/N-ethyl adjacent to an activating group) is 1. The number of nitrogens with zero attached hydrogens (tertiary/aromatic N) is 5. The van der Waals surface area contributed by atoms with Gasteiger partial charge in [-0.2, -0.15) is 0 Å². The Morgan fingerprint density at radius 3 is 2.33 bits per heavy atom. The Balaban J connectivity index is 1.59. The van der Waals surface area contributed by atoms with Gasteiger partial charge in [0.1, 0.15) is 0 Å². The fraction of sp³-hybridized carbons (Fsp3) is 0.706. The van der Waals surface area contributed by atoms with E-state index >= 15 is 0 Å². The van der Waals surface area contributed by atoms with Gasteiger partial charge in [-0.3, -0.25) is 9.69 Å². The van der Waals surface area contributed by atoms with Crippen molar-refractivity contribution in [1.29, 1.82) is 0 Å². The highest BCUT2D eigenvalue weighted by atomic mass is 16.5. The lowest BCUT2D eigenvalue weighted by atomic mass is 10.1. The second-order valence-electron chi connectivity index (χ2n) is 6.81. The van der Waals surface area contributed by atoms with Gasteiger partial charge in [-0.05, 0) is 33.4 Å². The average Bonchev–Trinajstić information content (AvgIpc) is 2.94. The molecule has 2 atom stereocenters. The van der Waals surface area contributed by atoms with E-state index in [4.69, 9.17) is 4.74 Å². The van der Waals surface area contributed by atoms with Crippen LogP contribution in [0.25, 0.3) is 0 Å². The molecule has 7 nitrogen and oxygen atoms in total. The molecule has 0 radical (unpaired) electrons.